The fourth-order valence-electron chi connectivity index (χ4n) is 5.39. The Balaban J connectivity index is 0.000000261. The first-order valence-corrected chi connectivity index (χ1v) is 15.9. The zero-order chi connectivity index (χ0) is 29.7. The Hall–Kier alpha value is -0.240. The molecule has 4 aliphatic heterocycles. The van der Waals surface area contributed by atoms with Gasteiger partial charge in [0.2, 0.25) is 0 Å². The van der Waals surface area contributed by atoms with Crippen molar-refractivity contribution >= 4 is 0 Å². The molecule has 39 heavy (non-hydrogen) atoms. The molecule has 0 aromatic heterocycles. The van der Waals surface area contributed by atoms with E-state index in [0.717, 1.165) is 64.4 Å². The lowest BCUT2D eigenvalue weighted by atomic mass is 9.80. The molecular weight excluding hydrogens is 484 g/mol. The van der Waals surface area contributed by atoms with E-state index in [1.807, 2.05) is 0 Å². The van der Waals surface area contributed by atoms with Crippen LogP contribution in [0.4, 0.5) is 0 Å². The average Bonchev–Trinajstić information content (AvgIpc) is 3.54. The minimum Gasteiger partial charge on any atom is -0.381 e. The summed E-state index contributed by atoms with van der Waals surface area (Å²) in [4.78, 5) is 4.99. The highest BCUT2D eigenvalue weighted by Gasteiger charge is 2.28. The second kappa shape index (κ2) is 17.0. The van der Waals surface area contributed by atoms with Crippen molar-refractivity contribution in [3.05, 3.63) is 0 Å². The van der Waals surface area contributed by atoms with Gasteiger partial charge in [-0.05, 0) is 74.8 Å². The summed E-state index contributed by atoms with van der Waals surface area (Å²) in [6.45, 7) is 41.8. The zero-order valence-electron chi connectivity index (χ0n) is 28.5. The minimum atomic E-state index is 0.323. The monoisotopic (exact) mass is 555 g/mol. The molecule has 0 saturated carbocycles. The standard InChI is InChI=1S/C9H20N2.C8H17NO.C8H17N.C8H16O/c1-9(2,3)8-11-6-4-10-5-7-11;1-8(2,3)9-4-6-10-7-5-9;2*1-8(2,3)7-4-5-9-6-7/h10H,4-8H2,1-3H3;4-7H2,1-3H3;7,9H,4-6H2,1-3H3;7H,4-6H2,1-3H3. The predicted octanol–water partition coefficient (Wildman–Crippen LogP) is 5.77. The Morgan fingerprint density at radius 2 is 1.18 bits per heavy atom. The minimum absolute atomic E-state index is 0.323. The molecule has 2 unspecified atom stereocenters. The van der Waals surface area contributed by atoms with Crippen LogP contribution < -0.4 is 10.6 Å². The molecule has 0 spiro atoms. The van der Waals surface area contributed by atoms with Crippen molar-refractivity contribution < 1.29 is 9.47 Å². The van der Waals surface area contributed by atoms with Gasteiger partial charge in [-0.2, -0.15) is 0 Å². The smallest absolute Gasteiger partial charge is 0.0594 e. The summed E-state index contributed by atoms with van der Waals surface area (Å²) in [6.07, 6.45) is 2.62. The first-order chi connectivity index (χ1) is 17.9. The van der Waals surface area contributed by atoms with Crippen molar-refractivity contribution in [2.24, 2.45) is 28.1 Å². The van der Waals surface area contributed by atoms with Crippen LogP contribution in [0, 0.1) is 28.1 Å². The first kappa shape index (κ1) is 36.8. The van der Waals surface area contributed by atoms with E-state index in [1.54, 1.807) is 0 Å². The summed E-state index contributed by atoms with van der Waals surface area (Å²) in [5.41, 5.74) is 1.75. The Labute approximate surface area is 244 Å². The summed E-state index contributed by atoms with van der Waals surface area (Å²) in [6, 6.07) is 0. The Bertz CT molecular complexity index is 578. The van der Waals surface area contributed by atoms with E-state index in [4.69, 9.17) is 9.47 Å². The Morgan fingerprint density at radius 1 is 0.615 bits per heavy atom. The molecule has 0 aromatic carbocycles. The molecule has 0 aromatic rings. The van der Waals surface area contributed by atoms with Gasteiger partial charge < -0.3 is 25.0 Å². The highest BCUT2D eigenvalue weighted by molar-refractivity contribution is 4.81. The molecule has 0 aliphatic carbocycles. The summed E-state index contributed by atoms with van der Waals surface area (Å²) in [5.74, 6) is 1.69. The summed E-state index contributed by atoms with van der Waals surface area (Å²) < 4.78 is 10.5. The van der Waals surface area contributed by atoms with Crippen LogP contribution in [0.5, 0.6) is 0 Å². The van der Waals surface area contributed by atoms with Crippen LogP contribution in [-0.4, -0.2) is 101 Å². The van der Waals surface area contributed by atoms with Crippen LogP contribution in [0.2, 0.25) is 0 Å². The lowest BCUT2D eigenvalue weighted by Gasteiger charge is -2.38. The molecule has 234 valence electrons. The quantitative estimate of drug-likeness (QED) is 0.429. The van der Waals surface area contributed by atoms with Gasteiger partial charge in [0.1, 0.15) is 0 Å². The van der Waals surface area contributed by atoms with Crippen LogP contribution in [0.25, 0.3) is 0 Å². The normalized spacial score (nSPS) is 25.5. The van der Waals surface area contributed by atoms with Crippen LogP contribution in [0.15, 0.2) is 0 Å². The van der Waals surface area contributed by atoms with Gasteiger partial charge in [-0.1, -0.05) is 62.3 Å². The zero-order valence-corrected chi connectivity index (χ0v) is 28.5. The number of rotatable bonds is 1. The van der Waals surface area contributed by atoms with Gasteiger partial charge in [0.25, 0.3) is 0 Å². The molecule has 2 atom stereocenters. The maximum absolute atomic E-state index is 5.28. The molecule has 4 saturated heterocycles. The number of ether oxygens (including phenoxy) is 2. The lowest BCUT2D eigenvalue weighted by molar-refractivity contribution is -0.00389. The van der Waals surface area contributed by atoms with E-state index in [9.17, 15) is 0 Å². The second-order valence-electron chi connectivity index (χ2n) is 16.3. The van der Waals surface area contributed by atoms with Crippen molar-refractivity contribution in [3.8, 4) is 0 Å². The number of piperazine rings is 1. The number of hydrogen-bond donors (Lipinski definition) is 2. The van der Waals surface area contributed by atoms with Crippen molar-refractivity contribution in [2.75, 3.05) is 85.3 Å². The highest BCUT2D eigenvalue weighted by Crippen LogP contribution is 2.32. The van der Waals surface area contributed by atoms with Crippen LogP contribution >= 0.6 is 0 Å². The first-order valence-electron chi connectivity index (χ1n) is 15.9. The van der Waals surface area contributed by atoms with Crippen molar-refractivity contribution in [1.29, 1.82) is 0 Å². The highest BCUT2D eigenvalue weighted by atomic mass is 16.5. The van der Waals surface area contributed by atoms with E-state index in [-0.39, 0.29) is 0 Å². The molecule has 0 amide bonds. The summed E-state index contributed by atoms with van der Waals surface area (Å²) in [7, 11) is 0. The fraction of sp³-hybridized carbons (Fsp3) is 1.00. The van der Waals surface area contributed by atoms with Gasteiger partial charge in [-0.15, -0.1) is 0 Å². The molecule has 2 N–H and O–H groups in total. The third-order valence-corrected chi connectivity index (χ3v) is 8.31. The maximum atomic E-state index is 5.28. The van der Waals surface area contributed by atoms with Gasteiger partial charge in [-0.25, -0.2) is 0 Å². The fourth-order valence-corrected chi connectivity index (χ4v) is 5.39. The topological polar surface area (TPSA) is 49.0 Å². The molecule has 6 heteroatoms. The lowest BCUT2D eigenvalue weighted by Crippen LogP contribution is -2.47. The predicted molar refractivity (Wildman–Crippen MR) is 170 cm³/mol. The van der Waals surface area contributed by atoms with Crippen LogP contribution in [0.1, 0.15) is 95.9 Å². The molecule has 4 heterocycles. The largest absolute Gasteiger partial charge is 0.381 e. The van der Waals surface area contributed by atoms with Crippen molar-refractivity contribution in [3.63, 3.8) is 0 Å². The molecule has 4 fully saturated rings. The molecule has 6 nitrogen and oxygen atoms in total. The van der Waals surface area contributed by atoms with Crippen LogP contribution in [0.3, 0.4) is 0 Å². The van der Waals surface area contributed by atoms with Crippen molar-refractivity contribution in [1.82, 2.24) is 20.4 Å². The summed E-state index contributed by atoms with van der Waals surface area (Å²) in [5, 5.41) is 6.74. The van der Waals surface area contributed by atoms with Crippen LogP contribution in [-0.2, 0) is 9.47 Å². The molecule has 0 radical (unpaired) electrons. The Kier molecular flexibility index (Phi) is 16.0. The molecular formula is C33H70N4O2. The van der Waals surface area contributed by atoms with E-state index >= 15 is 0 Å². The van der Waals surface area contributed by atoms with Gasteiger partial charge in [0.05, 0.1) is 13.2 Å². The van der Waals surface area contributed by atoms with E-state index in [0.29, 0.717) is 21.8 Å². The van der Waals surface area contributed by atoms with Crippen molar-refractivity contribution in [2.45, 2.75) is 101 Å². The second-order valence-corrected chi connectivity index (χ2v) is 16.3. The SMILES string of the molecule is CC(C)(C)C1CCNC1.CC(C)(C)C1CCOC1.CC(C)(C)CN1CCNCC1.CC(C)(C)N1CCOCC1. The van der Waals surface area contributed by atoms with Gasteiger partial charge in [0, 0.05) is 64.6 Å². The molecule has 0 bridgehead atoms. The number of nitrogens with one attached hydrogen (secondary N) is 2. The van der Waals surface area contributed by atoms with Gasteiger partial charge in [-0.3, -0.25) is 4.90 Å². The van der Waals surface area contributed by atoms with E-state index in [1.165, 1.54) is 45.6 Å². The molecule has 4 rings (SSSR count). The van der Waals surface area contributed by atoms with Gasteiger partial charge in [0.15, 0.2) is 0 Å². The average molecular weight is 555 g/mol. The summed E-state index contributed by atoms with van der Waals surface area (Å²) >= 11 is 0. The Morgan fingerprint density at radius 3 is 1.49 bits per heavy atom. The molecule has 4 aliphatic rings. The number of nitrogens with zero attached hydrogens (tertiary/aromatic N) is 2. The van der Waals surface area contributed by atoms with E-state index < -0.39 is 0 Å². The number of hydrogen-bond acceptors (Lipinski definition) is 6. The number of morpholine rings is 1. The van der Waals surface area contributed by atoms with E-state index in [2.05, 4.69) is 104 Å². The third kappa shape index (κ3) is 17.3. The third-order valence-electron chi connectivity index (χ3n) is 8.31. The van der Waals surface area contributed by atoms with Gasteiger partial charge >= 0.3 is 0 Å². The maximum Gasteiger partial charge on any atom is 0.0594 e.